The molecule has 0 radical (unpaired) electrons. The zero-order valence-corrected chi connectivity index (χ0v) is 11.9. The zero-order valence-electron chi connectivity index (χ0n) is 11.1. The lowest BCUT2D eigenvalue weighted by atomic mass is 10.3. The van der Waals surface area contributed by atoms with Crippen molar-refractivity contribution in [3.8, 4) is 5.69 Å². The van der Waals surface area contributed by atoms with Crippen molar-refractivity contribution in [2.24, 2.45) is 0 Å². The quantitative estimate of drug-likeness (QED) is 0.760. The van der Waals surface area contributed by atoms with Gasteiger partial charge in [-0.15, -0.1) is 5.10 Å². The maximum atomic E-state index is 12.2. The highest BCUT2D eigenvalue weighted by atomic mass is 32.2. The third-order valence-electron chi connectivity index (χ3n) is 2.91. The van der Waals surface area contributed by atoms with Crippen LogP contribution in [-0.4, -0.2) is 31.8 Å². The zero-order chi connectivity index (χ0) is 13.7. The van der Waals surface area contributed by atoms with Crippen LogP contribution in [0, 0.1) is 0 Å². The van der Waals surface area contributed by atoms with Crippen molar-refractivity contribution in [1.29, 1.82) is 0 Å². The summed E-state index contributed by atoms with van der Waals surface area (Å²) in [6, 6.07) is 9.58. The van der Waals surface area contributed by atoms with E-state index in [2.05, 4.69) is 24.2 Å². The Hall–Kier alpha value is -1.62. The molecule has 2 rings (SSSR count). The molecular weight excluding hydrogens is 258 g/mol. The minimum Gasteiger partial charge on any atom is -0.291 e. The number of benzene rings is 1. The van der Waals surface area contributed by atoms with Gasteiger partial charge < -0.3 is 0 Å². The minimum atomic E-state index is 0.0687. The first kappa shape index (κ1) is 13.8. The highest BCUT2D eigenvalue weighted by Gasteiger charge is 2.15. The van der Waals surface area contributed by atoms with E-state index < -0.39 is 0 Å². The van der Waals surface area contributed by atoms with Gasteiger partial charge in [0.2, 0.25) is 0 Å². The topological polar surface area (TPSA) is 47.8 Å². The van der Waals surface area contributed by atoms with Crippen LogP contribution in [-0.2, 0) is 0 Å². The molecule has 100 valence electrons. The summed E-state index contributed by atoms with van der Waals surface area (Å²) < 4.78 is 1.60. The van der Waals surface area contributed by atoms with Crippen LogP contribution in [0.4, 0.5) is 0 Å². The second kappa shape index (κ2) is 6.52. The summed E-state index contributed by atoms with van der Waals surface area (Å²) >= 11 is 1.67. The minimum absolute atomic E-state index is 0.0687. The van der Waals surface area contributed by atoms with E-state index in [1.54, 1.807) is 16.4 Å². The molecule has 0 saturated carbocycles. The number of thioether (sulfide) groups is 1. The monoisotopic (exact) mass is 275 g/mol. The molecule has 5 heteroatoms. The summed E-state index contributed by atoms with van der Waals surface area (Å²) in [5, 5.41) is 8.33. The molecule has 0 bridgehead atoms. The normalized spacial score (nSPS) is 12.3. The van der Waals surface area contributed by atoms with Crippen LogP contribution in [0.2, 0.25) is 0 Å². The number of para-hydroxylation sites is 1. The average molecular weight is 275 g/mol. The lowest BCUT2D eigenvalue weighted by molar-refractivity contribution is 0.101. The molecule has 2 aromatic rings. The van der Waals surface area contributed by atoms with Crippen LogP contribution < -0.4 is 0 Å². The van der Waals surface area contributed by atoms with Gasteiger partial charge in [-0.3, -0.25) is 4.79 Å². The molecule has 1 aromatic heterocycles. The predicted octanol–water partition coefficient (Wildman–Crippen LogP) is 2.98. The Balaban J connectivity index is 2.14. The first-order valence-corrected chi connectivity index (χ1v) is 7.38. The molecule has 0 spiro atoms. The lowest BCUT2D eigenvalue weighted by Crippen LogP contribution is -2.12. The third kappa shape index (κ3) is 3.44. The molecule has 0 N–H and O–H groups in total. The number of Topliss-reactive ketones (excluding diaryl/α,β-unsaturated/α-hetero) is 1. The van der Waals surface area contributed by atoms with Gasteiger partial charge in [0, 0.05) is 5.25 Å². The van der Waals surface area contributed by atoms with Crippen molar-refractivity contribution in [1.82, 2.24) is 15.0 Å². The van der Waals surface area contributed by atoms with Gasteiger partial charge in [-0.1, -0.05) is 37.3 Å². The summed E-state index contributed by atoms with van der Waals surface area (Å²) in [5.41, 5.74) is 1.40. The number of carbonyl (C=O) groups excluding carboxylic acids is 1. The Morgan fingerprint density at radius 3 is 2.79 bits per heavy atom. The molecule has 19 heavy (non-hydrogen) atoms. The molecule has 4 nitrogen and oxygen atoms in total. The Labute approximate surface area is 117 Å². The van der Waals surface area contributed by atoms with Gasteiger partial charge in [0.05, 0.1) is 17.6 Å². The SMILES string of the molecule is CCC(C)SCC(=O)c1cnnn1-c1ccccc1. The van der Waals surface area contributed by atoms with Gasteiger partial charge in [0.1, 0.15) is 5.69 Å². The van der Waals surface area contributed by atoms with Gasteiger partial charge in [0.15, 0.2) is 5.78 Å². The van der Waals surface area contributed by atoms with Crippen LogP contribution >= 0.6 is 11.8 Å². The fourth-order valence-corrected chi connectivity index (χ4v) is 2.41. The number of aromatic nitrogens is 3. The number of carbonyl (C=O) groups is 1. The molecular formula is C14H17N3OS. The standard InChI is InChI=1S/C14H17N3OS/c1-3-11(2)19-10-14(18)13-9-15-16-17(13)12-7-5-4-6-8-12/h4-9,11H,3,10H2,1-2H3. The van der Waals surface area contributed by atoms with Crippen LogP contribution in [0.3, 0.4) is 0 Å². The second-order valence-electron chi connectivity index (χ2n) is 4.32. The summed E-state index contributed by atoms with van der Waals surface area (Å²) in [5.74, 6) is 0.536. The van der Waals surface area contributed by atoms with Crippen LogP contribution in [0.25, 0.3) is 5.69 Å². The van der Waals surface area contributed by atoms with Crippen molar-refractivity contribution in [2.75, 3.05) is 5.75 Å². The molecule has 1 atom stereocenters. The number of rotatable bonds is 6. The number of nitrogens with zero attached hydrogens (tertiary/aromatic N) is 3. The van der Waals surface area contributed by atoms with E-state index in [1.807, 2.05) is 30.3 Å². The average Bonchev–Trinajstić information content (AvgIpc) is 2.94. The van der Waals surface area contributed by atoms with Crippen molar-refractivity contribution < 1.29 is 4.79 Å². The summed E-state index contributed by atoms with van der Waals surface area (Å²) in [6.07, 6.45) is 2.60. The first-order chi connectivity index (χ1) is 9.22. The molecule has 1 unspecified atom stereocenters. The molecule has 0 saturated heterocycles. The number of hydrogen-bond donors (Lipinski definition) is 0. The van der Waals surface area contributed by atoms with Gasteiger partial charge in [-0.25, -0.2) is 4.68 Å². The maximum absolute atomic E-state index is 12.2. The molecule has 0 amide bonds. The van der Waals surface area contributed by atoms with Gasteiger partial charge >= 0.3 is 0 Å². The van der Waals surface area contributed by atoms with Gasteiger partial charge in [-0.2, -0.15) is 11.8 Å². The molecule has 0 fully saturated rings. The second-order valence-corrected chi connectivity index (χ2v) is 5.75. The fraction of sp³-hybridized carbons (Fsp3) is 0.357. The number of ketones is 1. The number of hydrogen-bond acceptors (Lipinski definition) is 4. The molecule has 0 aliphatic rings. The lowest BCUT2D eigenvalue weighted by Gasteiger charge is -2.08. The Kier molecular flexibility index (Phi) is 4.74. The van der Waals surface area contributed by atoms with E-state index >= 15 is 0 Å². The summed E-state index contributed by atoms with van der Waals surface area (Å²) in [4.78, 5) is 12.2. The third-order valence-corrected chi connectivity index (χ3v) is 4.24. The largest absolute Gasteiger partial charge is 0.291 e. The van der Waals surface area contributed by atoms with E-state index in [0.29, 0.717) is 16.7 Å². The molecule has 0 aliphatic heterocycles. The Morgan fingerprint density at radius 2 is 2.11 bits per heavy atom. The molecule has 1 aromatic carbocycles. The van der Waals surface area contributed by atoms with E-state index in [1.165, 1.54) is 6.20 Å². The van der Waals surface area contributed by atoms with E-state index in [4.69, 9.17) is 0 Å². The van der Waals surface area contributed by atoms with E-state index in [9.17, 15) is 4.79 Å². The first-order valence-electron chi connectivity index (χ1n) is 6.33. The van der Waals surface area contributed by atoms with Gasteiger partial charge in [0.25, 0.3) is 0 Å². The summed E-state index contributed by atoms with van der Waals surface area (Å²) in [7, 11) is 0. The van der Waals surface area contributed by atoms with E-state index in [0.717, 1.165) is 12.1 Å². The van der Waals surface area contributed by atoms with E-state index in [-0.39, 0.29) is 5.78 Å². The smallest absolute Gasteiger partial charge is 0.192 e. The van der Waals surface area contributed by atoms with Crippen LogP contribution in [0.15, 0.2) is 36.5 Å². The summed E-state index contributed by atoms with van der Waals surface area (Å²) in [6.45, 7) is 4.25. The highest BCUT2D eigenvalue weighted by Crippen LogP contribution is 2.16. The van der Waals surface area contributed by atoms with Gasteiger partial charge in [-0.05, 0) is 18.6 Å². The maximum Gasteiger partial charge on any atom is 0.192 e. The predicted molar refractivity (Wildman–Crippen MR) is 77.9 cm³/mol. The Morgan fingerprint density at radius 1 is 1.37 bits per heavy atom. The molecule has 0 aliphatic carbocycles. The Bertz CT molecular complexity index is 539. The van der Waals surface area contributed by atoms with Crippen molar-refractivity contribution >= 4 is 17.5 Å². The van der Waals surface area contributed by atoms with Crippen molar-refractivity contribution in [3.63, 3.8) is 0 Å². The van der Waals surface area contributed by atoms with Crippen LogP contribution in [0.1, 0.15) is 30.8 Å². The van der Waals surface area contributed by atoms with Crippen molar-refractivity contribution in [3.05, 3.63) is 42.2 Å². The fourth-order valence-electron chi connectivity index (χ4n) is 1.59. The molecule has 1 heterocycles. The van der Waals surface area contributed by atoms with Crippen LogP contribution in [0.5, 0.6) is 0 Å². The van der Waals surface area contributed by atoms with Crippen molar-refractivity contribution in [2.45, 2.75) is 25.5 Å². The highest BCUT2D eigenvalue weighted by molar-refractivity contribution is 8.00.